The Hall–Kier alpha value is -2.61. The van der Waals surface area contributed by atoms with Crippen LogP contribution in [-0.2, 0) is 20.9 Å². The number of methoxy groups -OCH3 is 3. The van der Waals surface area contributed by atoms with Crippen molar-refractivity contribution in [2.75, 3.05) is 27.9 Å². The average molecular weight is 365 g/mol. The number of carbonyl (C=O) groups is 3. The predicted molar refractivity (Wildman–Crippen MR) is 91.2 cm³/mol. The van der Waals surface area contributed by atoms with Crippen LogP contribution in [0.5, 0.6) is 11.5 Å². The average Bonchev–Trinajstić information content (AvgIpc) is 2.70. The van der Waals surface area contributed by atoms with Gasteiger partial charge in [0.05, 0.1) is 33.5 Å². The highest BCUT2D eigenvalue weighted by Crippen LogP contribution is 2.31. The van der Waals surface area contributed by atoms with Gasteiger partial charge in [-0.3, -0.25) is 9.59 Å². The minimum Gasteiger partial charge on any atom is -0.496 e. The van der Waals surface area contributed by atoms with Crippen molar-refractivity contribution in [2.45, 2.75) is 31.9 Å². The summed E-state index contributed by atoms with van der Waals surface area (Å²) < 4.78 is 15.1. The highest BCUT2D eigenvalue weighted by Gasteiger charge is 2.36. The predicted octanol–water partition coefficient (Wildman–Crippen LogP) is 0.933. The summed E-state index contributed by atoms with van der Waals surface area (Å²) in [6, 6.07) is 2.00. The topological polar surface area (TPSA) is 102 Å². The molecule has 2 rings (SSSR count). The third-order valence-corrected chi connectivity index (χ3v) is 4.46. The quantitative estimate of drug-likeness (QED) is 0.454. The lowest BCUT2D eigenvalue weighted by Gasteiger charge is -2.33. The van der Waals surface area contributed by atoms with Gasteiger partial charge in [-0.1, -0.05) is 0 Å². The molecule has 8 heteroatoms. The molecular formula is C18H23NO7. The van der Waals surface area contributed by atoms with Crippen LogP contribution in [0.2, 0.25) is 0 Å². The number of aliphatic hydroxyl groups excluding tert-OH is 1. The van der Waals surface area contributed by atoms with Gasteiger partial charge >= 0.3 is 5.97 Å². The Kier molecular flexibility index (Phi) is 6.57. The molecule has 0 saturated carbocycles. The SMILES string of the molecule is COC(=O)C1CCCCN1C(=O)C(=O)c1cc(OC)c(CO)c(OC)c1. The smallest absolute Gasteiger partial charge is 0.328 e. The Labute approximate surface area is 151 Å². The van der Waals surface area contributed by atoms with Gasteiger partial charge in [-0.2, -0.15) is 0 Å². The number of rotatable bonds is 6. The van der Waals surface area contributed by atoms with Crippen LogP contribution < -0.4 is 9.47 Å². The van der Waals surface area contributed by atoms with Crippen molar-refractivity contribution >= 4 is 17.7 Å². The lowest BCUT2D eigenvalue weighted by molar-refractivity contribution is -0.153. The summed E-state index contributed by atoms with van der Waals surface area (Å²) in [6.45, 7) is -0.0291. The van der Waals surface area contributed by atoms with Crippen molar-refractivity contribution in [1.29, 1.82) is 0 Å². The van der Waals surface area contributed by atoms with Crippen molar-refractivity contribution in [3.05, 3.63) is 23.3 Å². The highest BCUT2D eigenvalue weighted by atomic mass is 16.5. The van der Waals surface area contributed by atoms with Crippen molar-refractivity contribution in [1.82, 2.24) is 4.90 Å². The van der Waals surface area contributed by atoms with E-state index in [9.17, 15) is 19.5 Å². The molecule has 0 aliphatic carbocycles. The minimum absolute atomic E-state index is 0.0649. The molecule has 0 spiro atoms. The summed E-state index contributed by atoms with van der Waals surface area (Å²) in [5.41, 5.74) is 0.444. The van der Waals surface area contributed by atoms with Crippen LogP contribution in [0.1, 0.15) is 35.2 Å². The van der Waals surface area contributed by atoms with Gasteiger partial charge in [0.15, 0.2) is 0 Å². The second kappa shape index (κ2) is 8.66. The van der Waals surface area contributed by atoms with E-state index >= 15 is 0 Å². The van der Waals surface area contributed by atoms with Crippen LogP contribution in [0.3, 0.4) is 0 Å². The molecule has 1 fully saturated rings. The third-order valence-electron chi connectivity index (χ3n) is 4.46. The van der Waals surface area contributed by atoms with E-state index in [1.165, 1.54) is 38.4 Å². The molecule has 1 aromatic rings. The molecule has 1 N–H and O–H groups in total. The van der Waals surface area contributed by atoms with Crippen LogP contribution in [0.15, 0.2) is 12.1 Å². The zero-order valence-corrected chi connectivity index (χ0v) is 15.1. The Balaban J connectivity index is 2.35. The number of benzene rings is 1. The molecule has 1 amide bonds. The van der Waals surface area contributed by atoms with Crippen molar-refractivity contribution < 1.29 is 33.7 Å². The molecule has 1 aliphatic heterocycles. The summed E-state index contributed by atoms with van der Waals surface area (Å²) in [6.07, 6.45) is 1.95. The molecule has 0 bridgehead atoms. The number of amides is 1. The molecule has 0 radical (unpaired) electrons. The van der Waals surface area contributed by atoms with Gasteiger partial charge in [-0.25, -0.2) is 4.79 Å². The van der Waals surface area contributed by atoms with E-state index in [0.29, 0.717) is 24.9 Å². The fourth-order valence-electron chi connectivity index (χ4n) is 3.08. The number of carbonyl (C=O) groups excluding carboxylic acids is 3. The van der Waals surface area contributed by atoms with E-state index in [1.807, 2.05) is 0 Å². The molecular weight excluding hydrogens is 342 g/mol. The largest absolute Gasteiger partial charge is 0.496 e. The van der Waals surface area contributed by atoms with Gasteiger partial charge in [0.1, 0.15) is 17.5 Å². The van der Waals surface area contributed by atoms with Gasteiger partial charge in [0, 0.05) is 12.1 Å². The lowest BCUT2D eigenvalue weighted by Crippen LogP contribution is -2.50. The maximum Gasteiger partial charge on any atom is 0.328 e. The molecule has 0 aromatic heterocycles. The maximum atomic E-state index is 12.7. The molecule has 8 nitrogen and oxygen atoms in total. The number of ether oxygens (including phenoxy) is 3. The monoisotopic (exact) mass is 365 g/mol. The molecule has 1 aromatic carbocycles. The molecule has 1 unspecified atom stereocenters. The van der Waals surface area contributed by atoms with Crippen LogP contribution in [-0.4, -0.2) is 61.6 Å². The summed E-state index contributed by atoms with van der Waals surface area (Å²) in [7, 11) is 4.04. The molecule has 142 valence electrons. The zero-order valence-electron chi connectivity index (χ0n) is 15.1. The van der Waals surface area contributed by atoms with Gasteiger partial charge in [0.25, 0.3) is 11.7 Å². The molecule has 1 heterocycles. The van der Waals surface area contributed by atoms with Gasteiger partial charge in [-0.05, 0) is 31.4 Å². The highest BCUT2D eigenvalue weighted by molar-refractivity contribution is 6.43. The number of Topliss-reactive ketones (excluding diaryl/α,β-unsaturated/α-hetero) is 1. The maximum absolute atomic E-state index is 12.7. The first kappa shape index (κ1) is 19.7. The number of nitrogens with zero attached hydrogens (tertiary/aromatic N) is 1. The summed E-state index contributed by atoms with van der Waals surface area (Å²) in [4.78, 5) is 38.6. The lowest BCUT2D eigenvalue weighted by atomic mass is 9.99. The molecule has 1 atom stereocenters. The number of aliphatic hydroxyl groups is 1. The van der Waals surface area contributed by atoms with Crippen molar-refractivity contribution in [2.24, 2.45) is 0 Å². The van der Waals surface area contributed by atoms with Crippen molar-refractivity contribution in [3.63, 3.8) is 0 Å². The fraction of sp³-hybridized carbons (Fsp3) is 0.500. The molecule has 1 saturated heterocycles. The van der Waals surface area contributed by atoms with Crippen LogP contribution in [0.25, 0.3) is 0 Å². The van der Waals surface area contributed by atoms with E-state index in [2.05, 4.69) is 0 Å². The van der Waals surface area contributed by atoms with E-state index in [-0.39, 0.29) is 23.7 Å². The number of piperidine rings is 1. The molecule has 26 heavy (non-hydrogen) atoms. The van der Waals surface area contributed by atoms with Crippen LogP contribution in [0, 0.1) is 0 Å². The number of ketones is 1. The first-order chi connectivity index (χ1) is 12.5. The standard InChI is InChI=1S/C18H23NO7/c1-24-14-8-11(9-15(25-2)12(14)10-20)16(21)17(22)19-7-5-4-6-13(19)18(23)26-3/h8-9,13,20H,4-7,10H2,1-3H3. The summed E-state index contributed by atoms with van der Waals surface area (Å²) >= 11 is 0. The van der Waals surface area contributed by atoms with E-state index in [1.54, 1.807) is 0 Å². The number of hydrogen-bond donors (Lipinski definition) is 1. The van der Waals surface area contributed by atoms with Gasteiger partial charge in [0.2, 0.25) is 0 Å². The number of likely N-dealkylation sites (tertiary alicyclic amines) is 1. The van der Waals surface area contributed by atoms with Gasteiger partial charge in [-0.15, -0.1) is 0 Å². The normalized spacial score (nSPS) is 16.8. The summed E-state index contributed by atoms with van der Waals surface area (Å²) in [5.74, 6) is -1.60. The van der Waals surface area contributed by atoms with Crippen LogP contribution in [0.4, 0.5) is 0 Å². The number of hydrogen-bond acceptors (Lipinski definition) is 7. The van der Waals surface area contributed by atoms with Crippen LogP contribution >= 0.6 is 0 Å². The van der Waals surface area contributed by atoms with E-state index in [0.717, 1.165) is 6.42 Å². The minimum atomic E-state index is -0.777. The first-order valence-corrected chi connectivity index (χ1v) is 8.27. The second-order valence-corrected chi connectivity index (χ2v) is 5.88. The first-order valence-electron chi connectivity index (χ1n) is 8.27. The Morgan fingerprint density at radius 1 is 1.12 bits per heavy atom. The second-order valence-electron chi connectivity index (χ2n) is 5.88. The van der Waals surface area contributed by atoms with Crippen molar-refractivity contribution in [3.8, 4) is 11.5 Å². The Morgan fingerprint density at radius 3 is 2.23 bits per heavy atom. The third kappa shape index (κ3) is 3.80. The fourth-order valence-corrected chi connectivity index (χ4v) is 3.08. The van der Waals surface area contributed by atoms with Gasteiger partial charge < -0.3 is 24.2 Å². The zero-order chi connectivity index (χ0) is 19.3. The summed E-state index contributed by atoms with van der Waals surface area (Å²) in [5, 5.41) is 9.46. The molecule has 1 aliphatic rings. The Bertz CT molecular complexity index is 676. The Morgan fingerprint density at radius 2 is 1.73 bits per heavy atom. The van der Waals surface area contributed by atoms with E-state index in [4.69, 9.17) is 14.2 Å². The number of esters is 1. The van der Waals surface area contributed by atoms with E-state index < -0.39 is 23.7 Å².